The largest absolute Gasteiger partial charge is 0.481 e. The van der Waals surface area contributed by atoms with Gasteiger partial charge in [-0.05, 0) is 18.8 Å². The Balaban J connectivity index is 1.95. The van der Waals surface area contributed by atoms with Gasteiger partial charge in [-0.1, -0.05) is 25.0 Å². The summed E-state index contributed by atoms with van der Waals surface area (Å²) in [6.07, 6.45) is 7.37. The number of carbonyl (C=O) groups is 1. The summed E-state index contributed by atoms with van der Waals surface area (Å²) in [4.78, 5) is 10.5. The van der Waals surface area contributed by atoms with Crippen LogP contribution in [0, 0.1) is 5.92 Å². The Bertz CT molecular complexity index is 389. The van der Waals surface area contributed by atoms with E-state index in [1.54, 1.807) is 0 Å². The number of carboxylic acid groups (broad SMARTS) is 1. The molecular weight excluding hydrogens is 218 g/mol. The third-order valence-corrected chi connectivity index (χ3v) is 3.44. The zero-order valence-electron chi connectivity index (χ0n) is 10.2. The number of hydrogen-bond acceptors (Lipinski definition) is 3. The van der Waals surface area contributed by atoms with Crippen molar-refractivity contribution in [2.45, 2.75) is 51.5 Å². The van der Waals surface area contributed by atoms with Crippen molar-refractivity contribution in [3.05, 3.63) is 11.9 Å². The molecule has 17 heavy (non-hydrogen) atoms. The van der Waals surface area contributed by atoms with Gasteiger partial charge in [-0.25, -0.2) is 4.68 Å². The molecule has 5 nitrogen and oxygen atoms in total. The number of carboxylic acids is 1. The van der Waals surface area contributed by atoms with E-state index in [-0.39, 0.29) is 6.42 Å². The van der Waals surface area contributed by atoms with Crippen molar-refractivity contribution in [2.75, 3.05) is 0 Å². The van der Waals surface area contributed by atoms with Crippen LogP contribution in [0.4, 0.5) is 0 Å². The van der Waals surface area contributed by atoms with Gasteiger partial charge >= 0.3 is 5.97 Å². The molecule has 2 atom stereocenters. The minimum absolute atomic E-state index is 0.125. The van der Waals surface area contributed by atoms with Crippen molar-refractivity contribution in [3.8, 4) is 0 Å². The molecule has 0 amide bonds. The predicted octanol–water partition coefficient (Wildman–Crippen LogP) is 2.05. The van der Waals surface area contributed by atoms with Crippen LogP contribution in [0.3, 0.4) is 0 Å². The molecule has 0 bridgehead atoms. The van der Waals surface area contributed by atoms with Gasteiger partial charge < -0.3 is 5.11 Å². The van der Waals surface area contributed by atoms with Crippen molar-refractivity contribution in [3.63, 3.8) is 0 Å². The Hall–Kier alpha value is -1.39. The van der Waals surface area contributed by atoms with Crippen LogP contribution in [0.25, 0.3) is 0 Å². The van der Waals surface area contributed by atoms with Gasteiger partial charge in [0, 0.05) is 12.6 Å². The summed E-state index contributed by atoms with van der Waals surface area (Å²) in [5.41, 5.74) is 0.783. The molecule has 94 valence electrons. The fourth-order valence-corrected chi connectivity index (χ4v) is 2.48. The van der Waals surface area contributed by atoms with Gasteiger partial charge in [0.25, 0.3) is 0 Å². The normalized spacial score (nSPS) is 24.8. The van der Waals surface area contributed by atoms with E-state index in [9.17, 15) is 4.79 Å². The van der Waals surface area contributed by atoms with Gasteiger partial charge in [-0.2, -0.15) is 0 Å². The topological polar surface area (TPSA) is 68.0 Å². The maximum absolute atomic E-state index is 10.5. The van der Waals surface area contributed by atoms with E-state index in [0.717, 1.165) is 24.5 Å². The van der Waals surface area contributed by atoms with Crippen molar-refractivity contribution < 1.29 is 9.90 Å². The summed E-state index contributed by atoms with van der Waals surface area (Å²) < 4.78 is 1.92. The first-order valence-corrected chi connectivity index (χ1v) is 6.27. The molecule has 0 spiro atoms. The predicted molar refractivity (Wildman–Crippen MR) is 62.6 cm³/mol. The van der Waals surface area contributed by atoms with Crippen molar-refractivity contribution in [1.82, 2.24) is 15.0 Å². The molecule has 0 saturated heterocycles. The number of hydrogen-bond donors (Lipinski definition) is 1. The van der Waals surface area contributed by atoms with Gasteiger partial charge in [0.15, 0.2) is 0 Å². The molecule has 1 aliphatic carbocycles. The SMILES string of the molecule is CC1CCCC(n2cc(CCC(=O)O)nn2)C1. The summed E-state index contributed by atoms with van der Waals surface area (Å²) >= 11 is 0. The van der Waals surface area contributed by atoms with Gasteiger partial charge in [0.2, 0.25) is 0 Å². The molecule has 2 unspecified atom stereocenters. The number of nitrogens with zero attached hydrogens (tertiary/aromatic N) is 3. The number of aromatic nitrogens is 3. The second-order valence-corrected chi connectivity index (χ2v) is 5.01. The highest BCUT2D eigenvalue weighted by molar-refractivity contribution is 5.66. The smallest absolute Gasteiger partial charge is 0.303 e. The Kier molecular flexibility index (Phi) is 3.76. The van der Waals surface area contributed by atoms with E-state index in [0.29, 0.717) is 12.5 Å². The Morgan fingerprint density at radius 2 is 2.41 bits per heavy atom. The molecule has 1 aromatic rings. The molecule has 1 heterocycles. The molecule has 0 radical (unpaired) electrons. The van der Waals surface area contributed by atoms with Gasteiger partial charge in [0.1, 0.15) is 0 Å². The molecule has 1 aromatic heterocycles. The second kappa shape index (κ2) is 5.29. The second-order valence-electron chi connectivity index (χ2n) is 5.01. The molecule has 1 aliphatic rings. The molecule has 0 aromatic carbocycles. The monoisotopic (exact) mass is 237 g/mol. The molecule has 0 aliphatic heterocycles. The number of aliphatic carboxylic acids is 1. The molecule has 1 saturated carbocycles. The molecule has 1 fully saturated rings. The van der Waals surface area contributed by atoms with Crippen molar-refractivity contribution in [1.29, 1.82) is 0 Å². The van der Waals surface area contributed by atoms with Crippen LogP contribution in [0.2, 0.25) is 0 Å². The van der Waals surface area contributed by atoms with Gasteiger partial charge in [0.05, 0.1) is 18.2 Å². The van der Waals surface area contributed by atoms with E-state index in [4.69, 9.17) is 5.11 Å². The zero-order chi connectivity index (χ0) is 12.3. The van der Waals surface area contributed by atoms with Crippen LogP contribution in [0.5, 0.6) is 0 Å². The highest BCUT2D eigenvalue weighted by Crippen LogP contribution is 2.31. The Morgan fingerprint density at radius 1 is 1.59 bits per heavy atom. The number of aryl methyl sites for hydroxylation is 1. The summed E-state index contributed by atoms with van der Waals surface area (Å²) in [6, 6.07) is 0.449. The van der Waals surface area contributed by atoms with Gasteiger partial charge in [-0.15, -0.1) is 5.10 Å². The van der Waals surface area contributed by atoms with Gasteiger partial charge in [-0.3, -0.25) is 4.79 Å². The highest BCUT2D eigenvalue weighted by atomic mass is 16.4. The fraction of sp³-hybridized carbons (Fsp3) is 0.750. The van der Waals surface area contributed by atoms with E-state index in [2.05, 4.69) is 17.2 Å². The average Bonchev–Trinajstić information content (AvgIpc) is 2.75. The number of rotatable bonds is 4. The molecule has 1 N–H and O–H groups in total. The Morgan fingerprint density at radius 3 is 3.12 bits per heavy atom. The summed E-state index contributed by atoms with van der Waals surface area (Å²) in [7, 11) is 0. The maximum Gasteiger partial charge on any atom is 0.303 e. The standard InChI is InChI=1S/C12H19N3O2/c1-9-3-2-4-11(7-9)15-8-10(13-14-15)5-6-12(16)17/h8-9,11H,2-7H2,1H3,(H,16,17). The lowest BCUT2D eigenvalue weighted by Gasteiger charge is -2.26. The lowest BCUT2D eigenvalue weighted by Crippen LogP contribution is -2.18. The fourth-order valence-electron chi connectivity index (χ4n) is 2.48. The zero-order valence-corrected chi connectivity index (χ0v) is 10.2. The van der Waals surface area contributed by atoms with E-state index >= 15 is 0 Å². The molecule has 5 heteroatoms. The third kappa shape index (κ3) is 3.28. The minimum atomic E-state index is -0.786. The van der Waals surface area contributed by atoms with E-state index in [1.165, 1.54) is 12.8 Å². The maximum atomic E-state index is 10.5. The first-order valence-electron chi connectivity index (χ1n) is 6.27. The van der Waals surface area contributed by atoms with Crippen LogP contribution >= 0.6 is 0 Å². The minimum Gasteiger partial charge on any atom is -0.481 e. The third-order valence-electron chi connectivity index (χ3n) is 3.44. The van der Waals surface area contributed by atoms with Crippen molar-refractivity contribution in [2.24, 2.45) is 5.92 Å². The first-order chi connectivity index (χ1) is 8.15. The van der Waals surface area contributed by atoms with Crippen LogP contribution in [-0.4, -0.2) is 26.1 Å². The summed E-state index contributed by atoms with van der Waals surface area (Å²) in [5.74, 6) is -0.0359. The molecular formula is C12H19N3O2. The Labute approximate surface area is 101 Å². The molecule has 2 rings (SSSR count). The van der Waals surface area contributed by atoms with E-state index < -0.39 is 5.97 Å². The van der Waals surface area contributed by atoms with Crippen LogP contribution in [0.1, 0.15) is 50.8 Å². The summed E-state index contributed by atoms with van der Waals surface area (Å²) in [5, 5.41) is 16.8. The van der Waals surface area contributed by atoms with Crippen LogP contribution < -0.4 is 0 Å². The average molecular weight is 237 g/mol. The van der Waals surface area contributed by atoms with Crippen molar-refractivity contribution >= 4 is 5.97 Å². The quantitative estimate of drug-likeness (QED) is 0.870. The van der Waals surface area contributed by atoms with Crippen LogP contribution in [0.15, 0.2) is 6.20 Å². The van der Waals surface area contributed by atoms with E-state index in [1.807, 2.05) is 10.9 Å². The lowest BCUT2D eigenvalue weighted by molar-refractivity contribution is -0.136. The lowest BCUT2D eigenvalue weighted by atomic mass is 9.87. The summed E-state index contributed by atoms with van der Waals surface area (Å²) in [6.45, 7) is 2.27. The highest BCUT2D eigenvalue weighted by Gasteiger charge is 2.21. The van der Waals surface area contributed by atoms with Crippen LogP contribution in [-0.2, 0) is 11.2 Å². The first kappa shape index (κ1) is 12.1.